The van der Waals surface area contributed by atoms with Crippen LogP contribution in [0.5, 0.6) is 0 Å². The standard InChI is InChI=1S/C15H22O3S/c1-15(2,3)18-11-10-17-12-14-8-7-13(19-14)6-4-5-9-16/h7-8,16H,5,9-12H2,1-3H3. The van der Waals surface area contributed by atoms with Gasteiger partial charge in [-0.1, -0.05) is 11.8 Å². The van der Waals surface area contributed by atoms with E-state index in [-0.39, 0.29) is 12.2 Å². The Labute approximate surface area is 119 Å². The van der Waals surface area contributed by atoms with E-state index >= 15 is 0 Å². The average molecular weight is 282 g/mol. The molecule has 3 nitrogen and oxygen atoms in total. The molecular formula is C15H22O3S. The maximum absolute atomic E-state index is 8.64. The van der Waals surface area contributed by atoms with Crippen LogP contribution in [-0.4, -0.2) is 30.5 Å². The van der Waals surface area contributed by atoms with Crippen molar-refractivity contribution in [3.63, 3.8) is 0 Å². The molecule has 1 N–H and O–H groups in total. The van der Waals surface area contributed by atoms with E-state index in [1.165, 1.54) is 0 Å². The number of hydrogen-bond acceptors (Lipinski definition) is 4. The Morgan fingerprint density at radius 3 is 2.74 bits per heavy atom. The van der Waals surface area contributed by atoms with Gasteiger partial charge in [-0.05, 0) is 32.9 Å². The molecule has 0 saturated heterocycles. The summed E-state index contributed by atoms with van der Waals surface area (Å²) >= 11 is 1.63. The van der Waals surface area contributed by atoms with E-state index in [9.17, 15) is 0 Å². The molecule has 1 aromatic heterocycles. The second kappa shape index (κ2) is 8.34. The number of aliphatic hydroxyl groups is 1. The Morgan fingerprint density at radius 1 is 1.26 bits per heavy atom. The molecule has 1 aromatic rings. The van der Waals surface area contributed by atoms with Crippen molar-refractivity contribution in [1.29, 1.82) is 0 Å². The van der Waals surface area contributed by atoms with Crippen molar-refractivity contribution >= 4 is 11.3 Å². The van der Waals surface area contributed by atoms with Crippen LogP contribution in [0.3, 0.4) is 0 Å². The maximum atomic E-state index is 8.64. The van der Waals surface area contributed by atoms with Crippen LogP contribution in [0.1, 0.15) is 36.9 Å². The maximum Gasteiger partial charge on any atom is 0.0810 e. The van der Waals surface area contributed by atoms with Gasteiger partial charge in [-0.15, -0.1) is 11.3 Å². The molecular weight excluding hydrogens is 260 g/mol. The van der Waals surface area contributed by atoms with E-state index in [1.54, 1.807) is 11.3 Å². The summed E-state index contributed by atoms with van der Waals surface area (Å²) in [7, 11) is 0. The predicted molar refractivity (Wildman–Crippen MR) is 78.3 cm³/mol. The molecule has 0 aromatic carbocycles. The molecule has 0 amide bonds. The van der Waals surface area contributed by atoms with E-state index in [0.29, 0.717) is 26.2 Å². The highest BCUT2D eigenvalue weighted by atomic mass is 32.1. The van der Waals surface area contributed by atoms with Gasteiger partial charge in [0.25, 0.3) is 0 Å². The quantitative estimate of drug-likeness (QED) is 0.644. The summed E-state index contributed by atoms with van der Waals surface area (Å²) in [6.45, 7) is 8.01. The number of aliphatic hydroxyl groups excluding tert-OH is 1. The predicted octanol–water partition coefficient (Wildman–Crippen LogP) is 2.81. The van der Waals surface area contributed by atoms with Crippen LogP contribution in [0.15, 0.2) is 12.1 Å². The van der Waals surface area contributed by atoms with Crippen LogP contribution >= 0.6 is 11.3 Å². The fourth-order valence-electron chi connectivity index (χ4n) is 1.31. The highest BCUT2D eigenvalue weighted by Crippen LogP contribution is 2.16. The highest BCUT2D eigenvalue weighted by molar-refractivity contribution is 7.12. The molecule has 0 spiro atoms. The lowest BCUT2D eigenvalue weighted by Crippen LogP contribution is -2.21. The third-order valence-electron chi connectivity index (χ3n) is 2.12. The largest absolute Gasteiger partial charge is 0.395 e. The summed E-state index contributed by atoms with van der Waals surface area (Å²) in [6.07, 6.45) is 0.522. The van der Waals surface area contributed by atoms with Crippen LogP contribution in [0, 0.1) is 11.8 Å². The molecule has 0 bridgehead atoms. The molecule has 0 unspecified atom stereocenters. The SMILES string of the molecule is CC(C)(C)OCCOCc1ccc(C#CCCO)s1. The molecule has 0 aliphatic heterocycles. The molecule has 4 heteroatoms. The van der Waals surface area contributed by atoms with Crippen LogP contribution < -0.4 is 0 Å². The number of thiophene rings is 1. The van der Waals surface area contributed by atoms with Crippen LogP contribution in [0.4, 0.5) is 0 Å². The minimum absolute atomic E-state index is 0.109. The Bertz CT molecular complexity index is 421. The smallest absolute Gasteiger partial charge is 0.0810 e. The summed E-state index contributed by atoms with van der Waals surface area (Å²) in [5.74, 6) is 5.92. The lowest BCUT2D eigenvalue weighted by atomic mass is 10.2. The van der Waals surface area contributed by atoms with Gasteiger partial charge in [0.15, 0.2) is 0 Å². The van der Waals surface area contributed by atoms with Crippen molar-refractivity contribution in [2.75, 3.05) is 19.8 Å². The van der Waals surface area contributed by atoms with Crippen molar-refractivity contribution in [3.05, 3.63) is 21.9 Å². The second-order valence-corrected chi connectivity index (χ2v) is 6.22. The van der Waals surface area contributed by atoms with Crippen LogP contribution in [0.25, 0.3) is 0 Å². The van der Waals surface area contributed by atoms with Gasteiger partial charge in [-0.2, -0.15) is 0 Å². The highest BCUT2D eigenvalue weighted by Gasteiger charge is 2.09. The van der Waals surface area contributed by atoms with Crippen LogP contribution in [-0.2, 0) is 16.1 Å². The van der Waals surface area contributed by atoms with Crippen molar-refractivity contribution in [2.45, 2.75) is 39.4 Å². The third kappa shape index (κ3) is 8.02. The molecule has 0 saturated carbocycles. The van der Waals surface area contributed by atoms with E-state index in [0.717, 1.165) is 9.75 Å². The molecule has 19 heavy (non-hydrogen) atoms. The summed E-state index contributed by atoms with van der Waals surface area (Å²) in [5, 5.41) is 8.64. The molecule has 0 radical (unpaired) electrons. The fourth-order valence-corrected chi connectivity index (χ4v) is 2.13. The Kier molecular flexibility index (Phi) is 7.11. The fraction of sp³-hybridized carbons (Fsp3) is 0.600. The summed E-state index contributed by atoms with van der Waals surface area (Å²) in [5.41, 5.74) is -0.109. The monoisotopic (exact) mass is 282 g/mol. The first-order valence-electron chi connectivity index (χ1n) is 6.41. The van der Waals surface area contributed by atoms with E-state index in [2.05, 4.69) is 11.8 Å². The minimum atomic E-state index is -0.109. The first kappa shape index (κ1) is 16.2. The summed E-state index contributed by atoms with van der Waals surface area (Å²) in [6, 6.07) is 4.01. The topological polar surface area (TPSA) is 38.7 Å². The zero-order valence-corrected chi connectivity index (χ0v) is 12.7. The van der Waals surface area contributed by atoms with Gasteiger partial charge in [0.1, 0.15) is 0 Å². The number of rotatable bonds is 6. The van der Waals surface area contributed by atoms with E-state index < -0.39 is 0 Å². The van der Waals surface area contributed by atoms with Gasteiger partial charge in [0.05, 0.1) is 36.9 Å². The zero-order chi connectivity index (χ0) is 14.1. The Hall–Kier alpha value is -0.860. The average Bonchev–Trinajstić information content (AvgIpc) is 2.75. The van der Waals surface area contributed by atoms with Crippen LogP contribution in [0.2, 0.25) is 0 Å². The van der Waals surface area contributed by atoms with Gasteiger partial charge in [0.2, 0.25) is 0 Å². The molecule has 106 valence electrons. The summed E-state index contributed by atoms with van der Waals surface area (Å²) in [4.78, 5) is 2.17. The van der Waals surface area contributed by atoms with E-state index in [1.807, 2.05) is 32.9 Å². The first-order chi connectivity index (χ1) is 9.01. The van der Waals surface area contributed by atoms with Gasteiger partial charge < -0.3 is 14.6 Å². The van der Waals surface area contributed by atoms with Crippen molar-refractivity contribution in [2.24, 2.45) is 0 Å². The lowest BCUT2D eigenvalue weighted by Gasteiger charge is -2.19. The normalized spacial score (nSPS) is 11.2. The van der Waals surface area contributed by atoms with Gasteiger partial charge in [-0.3, -0.25) is 0 Å². The van der Waals surface area contributed by atoms with Crippen molar-refractivity contribution in [1.82, 2.24) is 0 Å². The molecule has 1 rings (SSSR count). The zero-order valence-electron chi connectivity index (χ0n) is 11.9. The first-order valence-corrected chi connectivity index (χ1v) is 7.23. The Morgan fingerprint density at radius 2 is 2.05 bits per heavy atom. The molecule has 0 aliphatic rings. The van der Waals surface area contributed by atoms with Gasteiger partial charge >= 0.3 is 0 Å². The Balaban J connectivity index is 2.22. The number of hydrogen-bond donors (Lipinski definition) is 1. The van der Waals surface area contributed by atoms with Gasteiger partial charge in [0, 0.05) is 11.3 Å². The van der Waals surface area contributed by atoms with Crippen molar-refractivity contribution < 1.29 is 14.6 Å². The molecule has 0 aliphatic carbocycles. The summed E-state index contributed by atoms with van der Waals surface area (Å²) < 4.78 is 11.1. The van der Waals surface area contributed by atoms with Gasteiger partial charge in [-0.25, -0.2) is 0 Å². The minimum Gasteiger partial charge on any atom is -0.395 e. The van der Waals surface area contributed by atoms with Crippen molar-refractivity contribution in [3.8, 4) is 11.8 Å². The molecule has 1 heterocycles. The number of ether oxygens (including phenoxy) is 2. The second-order valence-electron chi connectivity index (χ2n) is 5.05. The third-order valence-corrected chi connectivity index (χ3v) is 3.09. The molecule has 0 fully saturated rings. The molecule has 0 atom stereocenters. The lowest BCUT2D eigenvalue weighted by molar-refractivity contribution is -0.0373. The van der Waals surface area contributed by atoms with E-state index in [4.69, 9.17) is 14.6 Å².